The number of ketones is 1. The van der Waals surface area contributed by atoms with Gasteiger partial charge in [0, 0.05) is 13.0 Å². The van der Waals surface area contributed by atoms with E-state index < -0.39 is 5.60 Å². The molecule has 16 heavy (non-hydrogen) atoms. The van der Waals surface area contributed by atoms with Gasteiger partial charge in [0.2, 0.25) is 0 Å². The van der Waals surface area contributed by atoms with Crippen molar-refractivity contribution in [2.75, 3.05) is 7.11 Å². The van der Waals surface area contributed by atoms with E-state index in [0.29, 0.717) is 11.2 Å². The van der Waals surface area contributed by atoms with Gasteiger partial charge in [0.15, 0.2) is 5.78 Å². The van der Waals surface area contributed by atoms with Gasteiger partial charge in [-0.3, -0.25) is 4.79 Å². The Morgan fingerprint density at radius 2 is 1.75 bits per heavy atom. The SMILES string of the molecule is CCC(C)C(=O)C1(OC)CCC(C)(C)CC1. The summed E-state index contributed by atoms with van der Waals surface area (Å²) in [7, 11) is 1.69. The van der Waals surface area contributed by atoms with Crippen molar-refractivity contribution in [1.29, 1.82) is 0 Å². The van der Waals surface area contributed by atoms with E-state index in [1.54, 1.807) is 7.11 Å². The van der Waals surface area contributed by atoms with Gasteiger partial charge >= 0.3 is 0 Å². The summed E-state index contributed by atoms with van der Waals surface area (Å²) < 4.78 is 5.61. The molecule has 1 unspecified atom stereocenters. The Labute approximate surface area is 99.8 Å². The molecule has 2 heteroatoms. The van der Waals surface area contributed by atoms with Crippen LogP contribution in [0.4, 0.5) is 0 Å². The van der Waals surface area contributed by atoms with Crippen LogP contribution in [-0.2, 0) is 9.53 Å². The lowest BCUT2D eigenvalue weighted by Crippen LogP contribution is -2.47. The number of Topliss-reactive ketones (excluding diaryl/α,β-unsaturated/α-hetero) is 1. The fourth-order valence-corrected chi connectivity index (χ4v) is 2.52. The number of methoxy groups -OCH3 is 1. The standard InChI is InChI=1S/C14H26O2/c1-6-11(2)12(15)14(16-5)9-7-13(3,4)8-10-14/h11H,6-10H2,1-5H3. The van der Waals surface area contributed by atoms with Crippen LogP contribution >= 0.6 is 0 Å². The molecular formula is C14H26O2. The van der Waals surface area contributed by atoms with Gasteiger partial charge in [-0.15, -0.1) is 0 Å². The molecule has 0 N–H and O–H groups in total. The van der Waals surface area contributed by atoms with Gasteiger partial charge in [0.05, 0.1) is 0 Å². The molecule has 1 fully saturated rings. The predicted octanol–water partition coefficient (Wildman–Crippen LogP) is 3.59. The van der Waals surface area contributed by atoms with Crippen molar-refractivity contribution in [2.45, 2.75) is 65.4 Å². The molecule has 0 spiro atoms. The zero-order valence-electron chi connectivity index (χ0n) is 11.4. The maximum Gasteiger partial charge on any atom is 0.167 e. The smallest absolute Gasteiger partial charge is 0.167 e. The summed E-state index contributed by atoms with van der Waals surface area (Å²) in [5.41, 5.74) is -0.108. The Balaban J connectivity index is 2.77. The molecule has 94 valence electrons. The molecule has 1 rings (SSSR count). The monoisotopic (exact) mass is 226 g/mol. The molecule has 0 bridgehead atoms. The van der Waals surface area contributed by atoms with E-state index in [9.17, 15) is 4.79 Å². The number of ether oxygens (including phenoxy) is 1. The average molecular weight is 226 g/mol. The minimum absolute atomic E-state index is 0.126. The Kier molecular flexibility index (Phi) is 4.17. The minimum Gasteiger partial charge on any atom is -0.370 e. The highest BCUT2D eigenvalue weighted by atomic mass is 16.5. The first-order chi connectivity index (χ1) is 7.37. The molecule has 0 aliphatic heterocycles. The zero-order valence-corrected chi connectivity index (χ0v) is 11.4. The number of carbonyl (C=O) groups excluding carboxylic acids is 1. The van der Waals surface area contributed by atoms with E-state index in [0.717, 1.165) is 32.1 Å². The van der Waals surface area contributed by atoms with Crippen molar-refractivity contribution >= 4 is 5.78 Å². The molecule has 1 saturated carbocycles. The molecule has 1 aliphatic carbocycles. The number of hydrogen-bond acceptors (Lipinski definition) is 2. The van der Waals surface area contributed by atoms with Crippen molar-refractivity contribution in [3.8, 4) is 0 Å². The fraction of sp³-hybridized carbons (Fsp3) is 0.929. The number of carbonyl (C=O) groups is 1. The molecule has 2 nitrogen and oxygen atoms in total. The average Bonchev–Trinajstić information content (AvgIpc) is 2.28. The molecule has 0 aromatic heterocycles. The summed E-state index contributed by atoms with van der Waals surface area (Å²) in [6.07, 6.45) is 4.86. The highest BCUT2D eigenvalue weighted by Crippen LogP contribution is 2.43. The first-order valence-corrected chi connectivity index (χ1v) is 6.46. The predicted molar refractivity (Wildman–Crippen MR) is 66.5 cm³/mol. The second-order valence-corrected chi connectivity index (χ2v) is 6.04. The lowest BCUT2D eigenvalue weighted by Gasteiger charge is -2.42. The van der Waals surface area contributed by atoms with Crippen LogP contribution in [0.3, 0.4) is 0 Å². The summed E-state index contributed by atoms with van der Waals surface area (Å²) in [4.78, 5) is 12.4. The van der Waals surface area contributed by atoms with Crippen LogP contribution in [0.5, 0.6) is 0 Å². The molecule has 0 aromatic rings. The first kappa shape index (κ1) is 13.7. The van der Waals surface area contributed by atoms with E-state index in [1.165, 1.54) is 0 Å². The maximum absolute atomic E-state index is 12.4. The topological polar surface area (TPSA) is 26.3 Å². The Morgan fingerprint density at radius 1 is 1.25 bits per heavy atom. The molecule has 0 aromatic carbocycles. The van der Waals surface area contributed by atoms with Crippen molar-refractivity contribution in [3.05, 3.63) is 0 Å². The third-order valence-corrected chi connectivity index (χ3v) is 4.31. The highest BCUT2D eigenvalue weighted by Gasteiger charge is 2.44. The van der Waals surface area contributed by atoms with E-state index in [4.69, 9.17) is 4.74 Å². The van der Waals surface area contributed by atoms with Crippen LogP contribution in [-0.4, -0.2) is 18.5 Å². The van der Waals surface area contributed by atoms with E-state index in [1.807, 2.05) is 6.92 Å². The van der Waals surface area contributed by atoms with E-state index >= 15 is 0 Å². The lowest BCUT2D eigenvalue weighted by molar-refractivity contribution is -0.151. The van der Waals surface area contributed by atoms with Crippen LogP contribution < -0.4 is 0 Å². The highest BCUT2D eigenvalue weighted by molar-refractivity contribution is 5.89. The van der Waals surface area contributed by atoms with Gasteiger partial charge in [-0.05, 0) is 37.5 Å². The lowest BCUT2D eigenvalue weighted by atomic mass is 9.68. The second kappa shape index (κ2) is 4.87. The third kappa shape index (κ3) is 2.65. The Bertz CT molecular complexity index is 245. The molecule has 1 atom stereocenters. The van der Waals surface area contributed by atoms with Crippen LogP contribution in [0.2, 0.25) is 0 Å². The summed E-state index contributed by atoms with van der Waals surface area (Å²) in [5, 5.41) is 0. The normalized spacial score (nSPS) is 25.1. The van der Waals surface area contributed by atoms with Crippen molar-refractivity contribution < 1.29 is 9.53 Å². The van der Waals surface area contributed by atoms with Gasteiger partial charge in [-0.25, -0.2) is 0 Å². The molecule has 0 heterocycles. The summed E-state index contributed by atoms with van der Waals surface area (Å²) in [5.74, 6) is 0.439. The molecule has 0 saturated heterocycles. The minimum atomic E-state index is -0.481. The number of rotatable bonds is 4. The van der Waals surface area contributed by atoms with Gasteiger partial charge in [0.25, 0.3) is 0 Å². The summed E-state index contributed by atoms with van der Waals surface area (Å²) >= 11 is 0. The summed E-state index contributed by atoms with van der Waals surface area (Å²) in [6, 6.07) is 0. The van der Waals surface area contributed by atoms with Crippen molar-refractivity contribution in [2.24, 2.45) is 11.3 Å². The fourth-order valence-electron chi connectivity index (χ4n) is 2.52. The maximum atomic E-state index is 12.4. The zero-order chi connectivity index (χ0) is 12.4. The molecule has 0 amide bonds. The van der Waals surface area contributed by atoms with Gasteiger partial charge in [-0.1, -0.05) is 27.7 Å². The molecular weight excluding hydrogens is 200 g/mol. The van der Waals surface area contributed by atoms with Crippen LogP contribution in [0.25, 0.3) is 0 Å². The van der Waals surface area contributed by atoms with E-state index in [2.05, 4.69) is 20.8 Å². The number of hydrogen-bond donors (Lipinski definition) is 0. The van der Waals surface area contributed by atoms with E-state index in [-0.39, 0.29) is 5.92 Å². The largest absolute Gasteiger partial charge is 0.370 e. The van der Waals surface area contributed by atoms with Crippen LogP contribution in [0, 0.1) is 11.3 Å². The quantitative estimate of drug-likeness (QED) is 0.732. The Hall–Kier alpha value is -0.370. The van der Waals surface area contributed by atoms with Crippen molar-refractivity contribution in [3.63, 3.8) is 0 Å². The summed E-state index contributed by atoms with van der Waals surface area (Å²) in [6.45, 7) is 8.64. The molecule has 1 aliphatic rings. The van der Waals surface area contributed by atoms with Gasteiger partial charge in [0.1, 0.15) is 5.60 Å². The Morgan fingerprint density at radius 3 is 2.12 bits per heavy atom. The van der Waals surface area contributed by atoms with Crippen molar-refractivity contribution in [1.82, 2.24) is 0 Å². The third-order valence-electron chi connectivity index (χ3n) is 4.31. The second-order valence-electron chi connectivity index (χ2n) is 6.04. The van der Waals surface area contributed by atoms with Gasteiger partial charge in [-0.2, -0.15) is 0 Å². The first-order valence-electron chi connectivity index (χ1n) is 6.46. The molecule has 0 radical (unpaired) electrons. The van der Waals surface area contributed by atoms with Crippen LogP contribution in [0.1, 0.15) is 59.8 Å². The van der Waals surface area contributed by atoms with Crippen LogP contribution in [0.15, 0.2) is 0 Å². The van der Waals surface area contributed by atoms with Gasteiger partial charge < -0.3 is 4.74 Å².